The number of rotatable bonds is 4. The minimum Gasteiger partial charge on any atom is -0.497 e. The first-order valence-corrected chi connectivity index (χ1v) is 7.79. The van der Waals surface area contributed by atoms with Gasteiger partial charge < -0.3 is 14.5 Å². The van der Waals surface area contributed by atoms with Gasteiger partial charge in [-0.15, -0.1) is 0 Å². The van der Waals surface area contributed by atoms with Crippen molar-refractivity contribution in [2.45, 2.75) is 18.8 Å². The number of methoxy groups -OCH3 is 1. The van der Waals surface area contributed by atoms with E-state index in [2.05, 4.69) is 15.5 Å². The summed E-state index contributed by atoms with van der Waals surface area (Å²) in [7, 11) is 1.62. The number of fused-ring (bicyclic) bond motifs is 1. The molecule has 0 spiro atoms. The number of H-pyrrole nitrogens is 1. The van der Waals surface area contributed by atoms with Gasteiger partial charge in [-0.2, -0.15) is 5.10 Å². The molecule has 0 saturated heterocycles. The maximum Gasteiger partial charge on any atom is 0.169 e. The number of aromatic nitrogens is 2. The van der Waals surface area contributed by atoms with Crippen molar-refractivity contribution in [2.75, 3.05) is 12.4 Å². The van der Waals surface area contributed by atoms with E-state index < -0.39 is 0 Å². The van der Waals surface area contributed by atoms with Crippen LogP contribution in [0.25, 0.3) is 0 Å². The summed E-state index contributed by atoms with van der Waals surface area (Å²) in [4.78, 5) is 12.6. The largest absolute Gasteiger partial charge is 0.497 e. The predicted octanol–water partition coefficient (Wildman–Crippen LogP) is 3.67. The summed E-state index contributed by atoms with van der Waals surface area (Å²) in [5.41, 5.74) is 2.31. The van der Waals surface area contributed by atoms with Crippen LogP contribution < -0.4 is 10.1 Å². The van der Waals surface area contributed by atoms with E-state index in [0.29, 0.717) is 24.2 Å². The lowest BCUT2D eigenvalue weighted by Gasteiger charge is -2.19. The monoisotopic (exact) mass is 323 g/mol. The minimum atomic E-state index is 0.0603. The molecule has 0 bridgehead atoms. The van der Waals surface area contributed by atoms with Crippen LogP contribution >= 0.6 is 0 Å². The van der Waals surface area contributed by atoms with Gasteiger partial charge in [-0.1, -0.05) is 6.07 Å². The summed E-state index contributed by atoms with van der Waals surface area (Å²) >= 11 is 0. The average Bonchev–Trinajstić information content (AvgIpc) is 3.25. The minimum absolute atomic E-state index is 0.0603. The van der Waals surface area contributed by atoms with Crippen LogP contribution in [0.2, 0.25) is 0 Å². The standard InChI is InChI=1S/C18H17N3O3/c1-23-13-5-2-4-12(10-13)19-18-17-14(20-21-18)8-11(9-15(17)22)16-6-3-7-24-16/h2-7,10-11H,8-9H2,1H3,(H2,19,20,21). The third kappa shape index (κ3) is 2.56. The number of benzene rings is 1. The summed E-state index contributed by atoms with van der Waals surface area (Å²) in [6.45, 7) is 0. The van der Waals surface area contributed by atoms with E-state index in [1.54, 1.807) is 13.4 Å². The normalized spacial score (nSPS) is 16.7. The fourth-order valence-electron chi connectivity index (χ4n) is 3.12. The van der Waals surface area contributed by atoms with Crippen LogP contribution in [0.15, 0.2) is 47.1 Å². The zero-order chi connectivity index (χ0) is 16.5. The van der Waals surface area contributed by atoms with Gasteiger partial charge in [0.1, 0.15) is 11.5 Å². The molecule has 24 heavy (non-hydrogen) atoms. The molecule has 0 radical (unpaired) electrons. The summed E-state index contributed by atoms with van der Waals surface area (Å²) in [5.74, 6) is 2.27. The van der Waals surface area contributed by atoms with Crippen molar-refractivity contribution in [3.8, 4) is 5.75 Å². The molecule has 1 atom stereocenters. The molecule has 0 saturated carbocycles. The second-order valence-electron chi connectivity index (χ2n) is 5.83. The summed E-state index contributed by atoms with van der Waals surface area (Å²) in [6.07, 6.45) is 2.77. The van der Waals surface area contributed by atoms with Gasteiger partial charge in [0, 0.05) is 36.2 Å². The van der Waals surface area contributed by atoms with Gasteiger partial charge in [0.25, 0.3) is 0 Å². The number of ether oxygens (including phenoxy) is 1. The van der Waals surface area contributed by atoms with Gasteiger partial charge in [-0.05, 0) is 24.3 Å². The predicted molar refractivity (Wildman–Crippen MR) is 89.0 cm³/mol. The zero-order valence-corrected chi connectivity index (χ0v) is 13.2. The molecule has 4 rings (SSSR count). The lowest BCUT2D eigenvalue weighted by Crippen LogP contribution is -2.18. The van der Waals surface area contributed by atoms with Crippen molar-refractivity contribution in [2.24, 2.45) is 0 Å². The van der Waals surface area contributed by atoms with Gasteiger partial charge in [-0.25, -0.2) is 0 Å². The van der Waals surface area contributed by atoms with Gasteiger partial charge in [0.05, 0.1) is 18.9 Å². The van der Waals surface area contributed by atoms with Crippen LogP contribution in [0.1, 0.15) is 34.2 Å². The molecule has 1 aliphatic rings. The molecule has 6 nitrogen and oxygen atoms in total. The fourth-order valence-corrected chi connectivity index (χ4v) is 3.12. The fraction of sp³-hybridized carbons (Fsp3) is 0.222. The van der Waals surface area contributed by atoms with E-state index >= 15 is 0 Å². The Morgan fingerprint density at radius 2 is 2.21 bits per heavy atom. The molecule has 0 aliphatic heterocycles. The van der Waals surface area contributed by atoms with Gasteiger partial charge in [0.15, 0.2) is 11.6 Å². The molecular weight excluding hydrogens is 306 g/mol. The first-order valence-electron chi connectivity index (χ1n) is 7.79. The first kappa shape index (κ1) is 14.6. The van der Waals surface area contributed by atoms with Crippen LogP contribution in [0.4, 0.5) is 11.5 Å². The van der Waals surface area contributed by atoms with Crippen LogP contribution in [0.5, 0.6) is 5.75 Å². The summed E-state index contributed by atoms with van der Waals surface area (Å²) < 4.78 is 10.7. The topological polar surface area (TPSA) is 80.1 Å². The third-order valence-corrected chi connectivity index (χ3v) is 4.28. The van der Waals surface area contributed by atoms with E-state index in [1.165, 1.54) is 0 Å². The summed E-state index contributed by atoms with van der Waals surface area (Å²) in [6, 6.07) is 11.3. The Labute approximate surface area is 138 Å². The molecule has 2 N–H and O–H groups in total. The van der Waals surface area contributed by atoms with Crippen LogP contribution in [0.3, 0.4) is 0 Å². The number of carbonyl (C=O) groups is 1. The third-order valence-electron chi connectivity index (χ3n) is 4.28. The quantitative estimate of drug-likeness (QED) is 0.766. The maximum absolute atomic E-state index is 12.6. The van der Waals surface area contributed by atoms with Crippen LogP contribution in [-0.2, 0) is 6.42 Å². The number of hydrogen-bond donors (Lipinski definition) is 2. The highest BCUT2D eigenvalue weighted by molar-refractivity contribution is 6.03. The lowest BCUT2D eigenvalue weighted by atomic mass is 9.85. The number of anilines is 2. The van der Waals surface area contributed by atoms with Crippen molar-refractivity contribution in [3.63, 3.8) is 0 Å². The number of Topliss-reactive ketones (excluding diaryl/α,β-unsaturated/α-hetero) is 1. The van der Waals surface area contributed by atoms with Crippen molar-refractivity contribution in [1.82, 2.24) is 10.2 Å². The Hall–Kier alpha value is -3.02. The number of nitrogens with one attached hydrogen (secondary N) is 2. The number of carbonyl (C=O) groups excluding carboxylic acids is 1. The highest BCUT2D eigenvalue weighted by Gasteiger charge is 2.32. The van der Waals surface area contributed by atoms with Crippen molar-refractivity contribution < 1.29 is 13.9 Å². The Bertz CT molecular complexity index is 868. The average molecular weight is 323 g/mol. The Morgan fingerprint density at radius 3 is 3.00 bits per heavy atom. The Kier molecular flexibility index (Phi) is 3.57. The highest BCUT2D eigenvalue weighted by Crippen LogP contribution is 2.35. The smallest absolute Gasteiger partial charge is 0.169 e. The van der Waals surface area contributed by atoms with Crippen molar-refractivity contribution in [1.29, 1.82) is 0 Å². The molecule has 1 unspecified atom stereocenters. The van der Waals surface area contributed by atoms with Crippen LogP contribution in [-0.4, -0.2) is 23.1 Å². The first-order chi connectivity index (χ1) is 11.7. The van der Waals surface area contributed by atoms with E-state index in [0.717, 1.165) is 22.9 Å². The Balaban J connectivity index is 1.61. The van der Waals surface area contributed by atoms with Crippen molar-refractivity contribution in [3.05, 3.63) is 59.7 Å². The van der Waals surface area contributed by atoms with Crippen LogP contribution in [0, 0.1) is 0 Å². The molecule has 1 aromatic carbocycles. The van der Waals surface area contributed by atoms with Crippen molar-refractivity contribution >= 4 is 17.3 Å². The van der Waals surface area contributed by atoms with E-state index in [4.69, 9.17) is 9.15 Å². The molecule has 0 amide bonds. The molecule has 6 heteroatoms. The molecule has 0 fully saturated rings. The van der Waals surface area contributed by atoms with E-state index in [-0.39, 0.29) is 11.7 Å². The van der Waals surface area contributed by atoms with E-state index in [1.807, 2.05) is 36.4 Å². The SMILES string of the molecule is COc1cccc(Nc2n[nH]c3c2C(=O)CC(c2ccco2)C3)c1. The number of nitrogens with zero attached hydrogens (tertiary/aromatic N) is 1. The molecule has 2 heterocycles. The molecular formula is C18H17N3O3. The Morgan fingerprint density at radius 1 is 1.29 bits per heavy atom. The number of ketones is 1. The number of aromatic amines is 1. The number of hydrogen-bond acceptors (Lipinski definition) is 5. The molecule has 2 aromatic heterocycles. The summed E-state index contributed by atoms with van der Waals surface area (Å²) in [5, 5.41) is 10.5. The zero-order valence-electron chi connectivity index (χ0n) is 13.2. The van der Waals surface area contributed by atoms with Gasteiger partial charge in [0.2, 0.25) is 0 Å². The second kappa shape index (κ2) is 5.88. The maximum atomic E-state index is 12.6. The number of furan rings is 1. The molecule has 1 aliphatic carbocycles. The molecule has 122 valence electrons. The van der Waals surface area contributed by atoms with Gasteiger partial charge in [-0.3, -0.25) is 9.89 Å². The van der Waals surface area contributed by atoms with Gasteiger partial charge >= 0.3 is 0 Å². The lowest BCUT2D eigenvalue weighted by molar-refractivity contribution is 0.0961. The highest BCUT2D eigenvalue weighted by atomic mass is 16.5. The molecule has 3 aromatic rings. The second-order valence-corrected chi connectivity index (χ2v) is 5.83. The van der Waals surface area contributed by atoms with E-state index in [9.17, 15) is 4.79 Å².